The Morgan fingerprint density at radius 3 is 2.44 bits per heavy atom. The molecule has 3 aromatic carbocycles. The van der Waals surface area contributed by atoms with E-state index in [4.69, 9.17) is 25.8 Å². The molecule has 7 heteroatoms. The summed E-state index contributed by atoms with van der Waals surface area (Å²) in [6.07, 6.45) is 0.669. The second-order valence-electron chi connectivity index (χ2n) is 7.42. The number of carbonyl (C=O) groups is 1. The zero-order valence-corrected chi connectivity index (χ0v) is 18.6. The predicted molar refractivity (Wildman–Crippen MR) is 120 cm³/mol. The Bertz CT molecular complexity index is 1120. The molecule has 3 aromatic rings. The Hall–Kier alpha value is -3.25. The van der Waals surface area contributed by atoms with Gasteiger partial charge in [0.15, 0.2) is 18.1 Å². The highest BCUT2D eigenvalue weighted by molar-refractivity contribution is 6.32. The van der Waals surface area contributed by atoms with Crippen LogP contribution >= 0.6 is 11.6 Å². The van der Waals surface area contributed by atoms with E-state index in [2.05, 4.69) is 0 Å². The van der Waals surface area contributed by atoms with Gasteiger partial charge in [0.1, 0.15) is 11.6 Å². The van der Waals surface area contributed by atoms with Crippen LogP contribution in [0.25, 0.3) is 0 Å². The zero-order valence-electron chi connectivity index (χ0n) is 17.8. The third-order valence-electron chi connectivity index (χ3n) is 5.55. The van der Waals surface area contributed by atoms with E-state index in [1.165, 1.54) is 12.1 Å². The summed E-state index contributed by atoms with van der Waals surface area (Å²) in [5.41, 5.74) is 3.06. The minimum atomic E-state index is -0.463. The van der Waals surface area contributed by atoms with Crippen LogP contribution in [0.3, 0.4) is 0 Å². The average molecular weight is 456 g/mol. The van der Waals surface area contributed by atoms with Crippen molar-refractivity contribution < 1.29 is 23.4 Å². The van der Waals surface area contributed by atoms with Crippen LogP contribution in [0.4, 0.5) is 4.39 Å². The van der Waals surface area contributed by atoms with Crippen molar-refractivity contribution in [2.24, 2.45) is 0 Å². The summed E-state index contributed by atoms with van der Waals surface area (Å²) in [7, 11) is 3.20. The lowest BCUT2D eigenvalue weighted by Crippen LogP contribution is -2.43. The standard InChI is InChI=1S/C25H23ClFNO4/c1-30-22-12-17-10-11-28(24(29)15-32-21-9-8-18(27)13-20(21)26)25(16-6-4-3-5-7-16)19(17)14-23(22)31-2/h3-9,12-14,25H,10-11,15H2,1-2H3/t25-/m1/s1. The largest absolute Gasteiger partial charge is 0.493 e. The van der Waals surface area contributed by atoms with Crippen LogP contribution in [0.1, 0.15) is 22.7 Å². The van der Waals surface area contributed by atoms with E-state index >= 15 is 0 Å². The van der Waals surface area contributed by atoms with E-state index in [1.807, 2.05) is 42.5 Å². The first-order chi connectivity index (χ1) is 15.5. The van der Waals surface area contributed by atoms with E-state index in [1.54, 1.807) is 19.1 Å². The molecule has 1 aliphatic heterocycles. The van der Waals surface area contributed by atoms with Crippen LogP contribution in [0.2, 0.25) is 5.02 Å². The third-order valence-corrected chi connectivity index (χ3v) is 5.85. The van der Waals surface area contributed by atoms with Gasteiger partial charge in [-0.15, -0.1) is 0 Å². The van der Waals surface area contributed by atoms with Crippen molar-refractivity contribution >= 4 is 17.5 Å². The number of rotatable bonds is 6. The molecule has 166 valence electrons. The summed E-state index contributed by atoms with van der Waals surface area (Å²) in [5, 5.41) is 0.123. The van der Waals surface area contributed by atoms with Crippen LogP contribution in [0, 0.1) is 5.82 Å². The Kier molecular flexibility index (Phi) is 6.51. The van der Waals surface area contributed by atoms with Gasteiger partial charge >= 0.3 is 0 Å². The van der Waals surface area contributed by atoms with Gasteiger partial charge in [0.2, 0.25) is 0 Å². The van der Waals surface area contributed by atoms with E-state index in [0.717, 1.165) is 22.8 Å². The van der Waals surface area contributed by atoms with Crippen LogP contribution in [0.5, 0.6) is 17.2 Å². The van der Waals surface area contributed by atoms with Crippen molar-refractivity contribution in [2.75, 3.05) is 27.4 Å². The minimum Gasteiger partial charge on any atom is -0.493 e. The lowest BCUT2D eigenvalue weighted by molar-refractivity contribution is -0.135. The molecule has 32 heavy (non-hydrogen) atoms. The number of hydrogen-bond acceptors (Lipinski definition) is 4. The van der Waals surface area contributed by atoms with Crippen LogP contribution in [0.15, 0.2) is 60.7 Å². The minimum absolute atomic E-state index is 0.123. The lowest BCUT2D eigenvalue weighted by atomic mass is 9.87. The maximum atomic E-state index is 13.3. The fourth-order valence-electron chi connectivity index (χ4n) is 4.02. The first-order valence-corrected chi connectivity index (χ1v) is 10.6. The van der Waals surface area contributed by atoms with Crippen molar-refractivity contribution in [1.29, 1.82) is 0 Å². The van der Waals surface area contributed by atoms with Gasteiger partial charge in [-0.1, -0.05) is 41.9 Å². The van der Waals surface area contributed by atoms with Crippen molar-refractivity contribution in [1.82, 2.24) is 4.90 Å². The third kappa shape index (κ3) is 4.36. The van der Waals surface area contributed by atoms with Crippen molar-refractivity contribution in [3.63, 3.8) is 0 Å². The Labute approximate surface area is 191 Å². The summed E-state index contributed by atoms with van der Waals surface area (Å²) in [6.45, 7) is 0.304. The highest BCUT2D eigenvalue weighted by atomic mass is 35.5. The second kappa shape index (κ2) is 9.49. The van der Waals surface area contributed by atoms with Gasteiger partial charge in [-0.3, -0.25) is 4.79 Å². The van der Waals surface area contributed by atoms with Crippen LogP contribution in [-0.2, 0) is 11.2 Å². The van der Waals surface area contributed by atoms with E-state index in [-0.39, 0.29) is 29.3 Å². The van der Waals surface area contributed by atoms with Crippen molar-refractivity contribution in [3.8, 4) is 17.2 Å². The molecule has 0 aromatic heterocycles. The van der Waals surface area contributed by atoms with Crippen molar-refractivity contribution in [3.05, 3.63) is 88.2 Å². The van der Waals surface area contributed by atoms with Gasteiger partial charge in [-0.05, 0) is 53.4 Å². The summed E-state index contributed by atoms with van der Waals surface area (Å²) in [5.74, 6) is 0.874. The number of amides is 1. The molecule has 0 N–H and O–H groups in total. The molecule has 5 nitrogen and oxygen atoms in total. The molecule has 1 amide bonds. The molecule has 4 rings (SSSR count). The maximum Gasteiger partial charge on any atom is 0.261 e. The SMILES string of the molecule is COc1cc2c(cc1OC)[C@@H](c1ccccc1)N(C(=O)COc1ccc(F)cc1Cl)CC2. The van der Waals surface area contributed by atoms with Crippen LogP contribution in [-0.4, -0.2) is 38.2 Å². The van der Waals surface area contributed by atoms with Crippen LogP contribution < -0.4 is 14.2 Å². The quantitative estimate of drug-likeness (QED) is 0.522. The highest BCUT2D eigenvalue weighted by Crippen LogP contribution is 2.41. The smallest absolute Gasteiger partial charge is 0.261 e. The first-order valence-electron chi connectivity index (χ1n) is 10.2. The molecule has 1 atom stereocenters. The molecule has 0 radical (unpaired) electrons. The second-order valence-corrected chi connectivity index (χ2v) is 7.83. The molecular formula is C25H23ClFNO4. The summed E-state index contributed by atoms with van der Waals surface area (Å²) in [6, 6.07) is 17.2. The van der Waals surface area contributed by atoms with E-state index in [9.17, 15) is 9.18 Å². The molecule has 0 saturated heterocycles. The first kappa shape index (κ1) is 22.0. The summed E-state index contributed by atoms with van der Waals surface area (Å²) < 4.78 is 29.9. The molecule has 1 aliphatic rings. The fourth-order valence-corrected chi connectivity index (χ4v) is 4.25. The Morgan fingerprint density at radius 2 is 1.75 bits per heavy atom. The Morgan fingerprint density at radius 1 is 1.03 bits per heavy atom. The number of benzene rings is 3. The summed E-state index contributed by atoms with van der Waals surface area (Å²) in [4.78, 5) is 15.0. The average Bonchev–Trinajstić information content (AvgIpc) is 2.82. The zero-order chi connectivity index (χ0) is 22.7. The highest BCUT2D eigenvalue weighted by Gasteiger charge is 2.33. The van der Waals surface area contributed by atoms with Gasteiger partial charge in [-0.25, -0.2) is 4.39 Å². The number of fused-ring (bicyclic) bond motifs is 1. The normalized spacial score (nSPS) is 15.1. The molecular weight excluding hydrogens is 433 g/mol. The molecule has 0 unspecified atom stereocenters. The van der Waals surface area contributed by atoms with Crippen molar-refractivity contribution in [2.45, 2.75) is 12.5 Å². The number of carbonyl (C=O) groups excluding carboxylic acids is 1. The van der Waals surface area contributed by atoms with Gasteiger partial charge in [0.05, 0.1) is 25.3 Å². The van der Waals surface area contributed by atoms with Gasteiger partial charge in [0.25, 0.3) is 5.91 Å². The van der Waals surface area contributed by atoms with Gasteiger partial charge in [0, 0.05) is 6.54 Å². The van der Waals surface area contributed by atoms with E-state index in [0.29, 0.717) is 24.5 Å². The summed E-state index contributed by atoms with van der Waals surface area (Å²) >= 11 is 6.04. The number of ether oxygens (including phenoxy) is 3. The number of nitrogens with zero attached hydrogens (tertiary/aromatic N) is 1. The van der Waals surface area contributed by atoms with Gasteiger partial charge in [-0.2, -0.15) is 0 Å². The van der Waals surface area contributed by atoms with Gasteiger partial charge < -0.3 is 19.1 Å². The van der Waals surface area contributed by atoms with E-state index < -0.39 is 5.82 Å². The number of halogens is 2. The Balaban J connectivity index is 1.66. The monoisotopic (exact) mass is 455 g/mol. The number of methoxy groups -OCH3 is 2. The molecule has 1 heterocycles. The lowest BCUT2D eigenvalue weighted by Gasteiger charge is -2.38. The molecule has 0 spiro atoms. The fraction of sp³-hybridized carbons (Fsp3) is 0.240. The number of hydrogen-bond donors (Lipinski definition) is 0. The molecule has 0 fully saturated rings. The topological polar surface area (TPSA) is 48.0 Å². The molecule has 0 saturated carbocycles. The predicted octanol–water partition coefficient (Wildman–Crippen LogP) is 5.05. The molecule has 0 bridgehead atoms. The molecule has 0 aliphatic carbocycles. The maximum absolute atomic E-state index is 13.3.